The van der Waals surface area contributed by atoms with Crippen molar-refractivity contribution in [3.63, 3.8) is 0 Å². The van der Waals surface area contributed by atoms with Crippen molar-refractivity contribution in [1.82, 2.24) is 0 Å². The fourth-order valence-corrected chi connectivity index (χ4v) is 0.880. The number of hydrogen-bond acceptors (Lipinski definition) is 2. The molecular weight excluding hydrogens is 170 g/mol. The molecule has 1 aromatic carbocycles. The maximum Gasteiger partial charge on any atom is 0.335 e. The van der Waals surface area contributed by atoms with Crippen molar-refractivity contribution in [2.45, 2.75) is 0 Å². The SMILES string of the molecule is CN([C]=O)c1ccc(C(=O)O)cc1. The first-order valence-corrected chi connectivity index (χ1v) is 3.60. The van der Waals surface area contributed by atoms with Crippen molar-refractivity contribution in [2.24, 2.45) is 0 Å². The molecule has 67 valence electrons. The molecule has 1 radical (unpaired) electrons. The van der Waals surface area contributed by atoms with Gasteiger partial charge in [-0.05, 0) is 24.3 Å². The van der Waals surface area contributed by atoms with Gasteiger partial charge in [-0.1, -0.05) is 0 Å². The first kappa shape index (κ1) is 9.25. The quantitative estimate of drug-likeness (QED) is 0.699. The van der Waals surface area contributed by atoms with E-state index >= 15 is 0 Å². The average Bonchev–Trinajstić information content (AvgIpc) is 2.17. The summed E-state index contributed by atoms with van der Waals surface area (Å²) in [5.74, 6) is -0.982. The lowest BCUT2D eigenvalue weighted by Gasteiger charge is -2.08. The number of rotatable bonds is 3. The number of nitrogens with zero attached hydrogens (tertiary/aromatic N) is 1. The summed E-state index contributed by atoms with van der Waals surface area (Å²) in [5.41, 5.74) is 0.808. The van der Waals surface area contributed by atoms with Crippen LogP contribution in [0.3, 0.4) is 0 Å². The fourth-order valence-electron chi connectivity index (χ4n) is 0.880. The number of carbonyl (C=O) groups is 1. The van der Waals surface area contributed by atoms with Crippen LogP contribution in [0, 0.1) is 0 Å². The molecule has 1 amide bonds. The second-order valence-electron chi connectivity index (χ2n) is 2.50. The van der Waals surface area contributed by atoms with Crippen molar-refractivity contribution in [3.8, 4) is 0 Å². The van der Waals surface area contributed by atoms with Gasteiger partial charge in [0, 0.05) is 12.7 Å². The molecule has 1 aromatic rings. The molecule has 0 aliphatic carbocycles. The van der Waals surface area contributed by atoms with Crippen molar-refractivity contribution >= 4 is 18.1 Å². The van der Waals surface area contributed by atoms with Gasteiger partial charge in [-0.15, -0.1) is 0 Å². The van der Waals surface area contributed by atoms with Crippen molar-refractivity contribution < 1.29 is 14.7 Å². The van der Waals surface area contributed by atoms with Crippen molar-refractivity contribution in [2.75, 3.05) is 11.9 Å². The highest BCUT2D eigenvalue weighted by Gasteiger charge is 2.03. The van der Waals surface area contributed by atoms with Crippen LogP contribution in [0.25, 0.3) is 0 Å². The van der Waals surface area contributed by atoms with E-state index in [0.29, 0.717) is 5.69 Å². The molecule has 4 nitrogen and oxygen atoms in total. The van der Waals surface area contributed by atoms with E-state index in [1.165, 1.54) is 17.0 Å². The van der Waals surface area contributed by atoms with Gasteiger partial charge in [0.25, 0.3) is 0 Å². The van der Waals surface area contributed by atoms with Gasteiger partial charge >= 0.3 is 12.4 Å². The van der Waals surface area contributed by atoms with Crippen LogP contribution < -0.4 is 4.90 Å². The molecule has 0 heterocycles. The van der Waals surface area contributed by atoms with E-state index in [2.05, 4.69) is 0 Å². The number of hydrogen-bond donors (Lipinski definition) is 1. The standard InChI is InChI=1S/C9H8NO3/c1-10(6-11)8-4-2-7(3-5-8)9(12)13/h2-5H,1H3,(H,12,13). The minimum absolute atomic E-state index is 0.197. The third-order valence-electron chi connectivity index (χ3n) is 1.64. The highest BCUT2D eigenvalue weighted by atomic mass is 16.4. The topological polar surface area (TPSA) is 57.6 Å². The van der Waals surface area contributed by atoms with Gasteiger partial charge in [0.2, 0.25) is 0 Å². The molecule has 13 heavy (non-hydrogen) atoms. The largest absolute Gasteiger partial charge is 0.478 e. The summed E-state index contributed by atoms with van der Waals surface area (Å²) in [7, 11) is 1.54. The zero-order valence-electron chi connectivity index (χ0n) is 7.02. The number of carboxylic acid groups (broad SMARTS) is 1. The molecule has 0 aromatic heterocycles. The highest BCUT2D eigenvalue weighted by molar-refractivity contribution is 5.88. The zero-order chi connectivity index (χ0) is 9.84. The van der Waals surface area contributed by atoms with Crippen LogP contribution in [-0.2, 0) is 4.79 Å². The third kappa shape index (κ3) is 2.05. The Morgan fingerprint density at radius 3 is 2.31 bits per heavy atom. The Balaban J connectivity index is 2.93. The Morgan fingerprint density at radius 2 is 1.92 bits per heavy atom. The monoisotopic (exact) mass is 178 g/mol. The van der Waals surface area contributed by atoms with Crippen molar-refractivity contribution in [1.29, 1.82) is 0 Å². The van der Waals surface area contributed by atoms with Crippen LogP contribution in [-0.4, -0.2) is 24.5 Å². The van der Waals surface area contributed by atoms with Gasteiger partial charge in [0.15, 0.2) is 0 Å². The molecular formula is C9H8NO3. The predicted molar refractivity (Wildman–Crippen MR) is 47.5 cm³/mol. The van der Waals surface area contributed by atoms with E-state index in [-0.39, 0.29) is 5.56 Å². The lowest BCUT2D eigenvalue weighted by Crippen LogP contribution is -2.13. The van der Waals surface area contributed by atoms with Gasteiger partial charge in [-0.3, -0.25) is 4.79 Å². The number of aromatic carboxylic acids is 1. The van der Waals surface area contributed by atoms with E-state index in [9.17, 15) is 9.59 Å². The summed E-state index contributed by atoms with van der Waals surface area (Å²) in [6, 6.07) is 5.97. The second-order valence-corrected chi connectivity index (χ2v) is 2.50. The maximum absolute atomic E-state index is 10.5. The molecule has 0 bridgehead atoms. The third-order valence-corrected chi connectivity index (χ3v) is 1.64. The van der Waals surface area contributed by atoms with Crippen LogP contribution in [0.1, 0.15) is 10.4 Å². The average molecular weight is 178 g/mol. The van der Waals surface area contributed by atoms with E-state index in [1.807, 2.05) is 0 Å². The smallest absolute Gasteiger partial charge is 0.335 e. The lowest BCUT2D eigenvalue weighted by molar-refractivity contribution is 0.0697. The van der Waals surface area contributed by atoms with Crippen LogP contribution in [0.4, 0.5) is 5.69 Å². The lowest BCUT2D eigenvalue weighted by atomic mass is 10.2. The Morgan fingerprint density at radius 1 is 1.38 bits per heavy atom. The molecule has 1 N–H and O–H groups in total. The molecule has 0 saturated carbocycles. The second kappa shape index (κ2) is 3.71. The van der Waals surface area contributed by atoms with E-state index < -0.39 is 5.97 Å². The van der Waals surface area contributed by atoms with Crippen LogP contribution in [0.15, 0.2) is 24.3 Å². The molecule has 0 spiro atoms. The highest BCUT2D eigenvalue weighted by Crippen LogP contribution is 2.11. The van der Waals surface area contributed by atoms with E-state index in [0.717, 1.165) is 0 Å². The molecule has 0 unspecified atom stereocenters. The Bertz CT molecular complexity index is 318. The molecule has 0 saturated heterocycles. The van der Waals surface area contributed by atoms with Gasteiger partial charge < -0.3 is 10.0 Å². The minimum Gasteiger partial charge on any atom is -0.478 e. The number of amides is 1. The van der Waals surface area contributed by atoms with Gasteiger partial charge in [-0.25, -0.2) is 4.79 Å². The summed E-state index contributed by atoms with van der Waals surface area (Å²) in [6.07, 6.45) is 1.67. The molecule has 0 aliphatic heterocycles. The first-order valence-electron chi connectivity index (χ1n) is 3.60. The van der Waals surface area contributed by atoms with Gasteiger partial charge in [0.05, 0.1) is 5.56 Å². The summed E-state index contributed by atoms with van der Waals surface area (Å²) < 4.78 is 0. The normalized spacial score (nSPS) is 9.31. The Hall–Kier alpha value is -1.84. The molecule has 4 heteroatoms. The predicted octanol–water partition coefficient (Wildman–Crippen LogP) is 0.888. The Kier molecular flexibility index (Phi) is 2.64. The zero-order valence-corrected chi connectivity index (χ0v) is 7.02. The van der Waals surface area contributed by atoms with Crippen LogP contribution >= 0.6 is 0 Å². The number of carboxylic acids is 1. The summed E-state index contributed by atoms with van der Waals surface area (Å²) in [6.45, 7) is 0. The van der Waals surface area contributed by atoms with Gasteiger partial charge in [-0.2, -0.15) is 0 Å². The first-order chi connectivity index (χ1) is 6.15. The van der Waals surface area contributed by atoms with Crippen LogP contribution in [0.2, 0.25) is 0 Å². The summed E-state index contributed by atoms with van der Waals surface area (Å²) in [5, 5.41) is 8.58. The Labute approximate surface area is 75.4 Å². The number of carbonyl (C=O) groups excluding carboxylic acids is 1. The fraction of sp³-hybridized carbons (Fsp3) is 0.111. The molecule has 0 fully saturated rings. The summed E-state index contributed by atoms with van der Waals surface area (Å²) >= 11 is 0. The maximum atomic E-state index is 10.5. The molecule has 0 aliphatic rings. The number of benzene rings is 1. The summed E-state index contributed by atoms with van der Waals surface area (Å²) in [4.78, 5) is 21.9. The van der Waals surface area contributed by atoms with Crippen LogP contribution in [0.5, 0.6) is 0 Å². The van der Waals surface area contributed by atoms with Crippen molar-refractivity contribution in [3.05, 3.63) is 29.8 Å². The number of anilines is 1. The van der Waals surface area contributed by atoms with E-state index in [1.54, 1.807) is 25.6 Å². The minimum atomic E-state index is -0.982. The van der Waals surface area contributed by atoms with Gasteiger partial charge in [0.1, 0.15) is 0 Å². The molecule has 0 atom stereocenters. The van der Waals surface area contributed by atoms with E-state index in [4.69, 9.17) is 5.11 Å². The molecule has 1 rings (SSSR count).